The second-order valence-electron chi connectivity index (χ2n) is 5.52. The van der Waals surface area contributed by atoms with Gasteiger partial charge in [0.15, 0.2) is 0 Å². The number of carbonyl (C=O) groups excluding carboxylic acids is 1. The molecule has 2 rings (SSSR count). The lowest BCUT2D eigenvalue weighted by Gasteiger charge is -2.36. The third-order valence-corrected chi connectivity index (χ3v) is 3.89. The van der Waals surface area contributed by atoms with Crippen LogP contribution in [0.5, 0.6) is 0 Å². The van der Waals surface area contributed by atoms with Gasteiger partial charge in [-0.25, -0.2) is 0 Å². The van der Waals surface area contributed by atoms with Crippen molar-refractivity contribution in [2.75, 3.05) is 26.7 Å². The summed E-state index contributed by atoms with van der Waals surface area (Å²) in [5.41, 5.74) is 0. The molecule has 2 atom stereocenters. The van der Waals surface area contributed by atoms with Gasteiger partial charge in [-0.15, -0.1) is 0 Å². The zero-order chi connectivity index (χ0) is 12.3. The molecular formula is C13H25N3O. The molecule has 0 spiro atoms. The van der Waals surface area contributed by atoms with Crippen LogP contribution in [0.3, 0.4) is 0 Å². The molecule has 0 aromatic carbocycles. The summed E-state index contributed by atoms with van der Waals surface area (Å²) in [6.45, 7) is 5.23. The van der Waals surface area contributed by atoms with Gasteiger partial charge in [-0.05, 0) is 58.7 Å². The van der Waals surface area contributed by atoms with Gasteiger partial charge in [-0.2, -0.15) is 0 Å². The minimum Gasteiger partial charge on any atom is -0.352 e. The maximum Gasteiger partial charge on any atom is 0.237 e. The Morgan fingerprint density at radius 3 is 2.82 bits per heavy atom. The van der Waals surface area contributed by atoms with E-state index in [4.69, 9.17) is 0 Å². The molecule has 1 saturated heterocycles. The van der Waals surface area contributed by atoms with Gasteiger partial charge >= 0.3 is 0 Å². The first-order chi connectivity index (χ1) is 8.20. The van der Waals surface area contributed by atoms with E-state index in [0.717, 1.165) is 19.6 Å². The van der Waals surface area contributed by atoms with Gasteiger partial charge in [0.05, 0.1) is 6.04 Å². The van der Waals surface area contributed by atoms with E-state index in [9.17, 15) is 4.79 Å². The molecule has 4 nitrogen and oxygen atoms in total. The summed E-state index contributed by atoms with van der Waals surface area (Å²) in [6, 6.07) is 0.512. The van der Waals surface area contributed by atoms with Gasteiger partial charge in [0, 0.05) is 12.6 Å². The molecule has 17 heavy (non-hydrogen) atoms. The molecule has 98 valence electrons. The van der Waals surface area contributed by atoms with E-state index in [1.54, 1.807) is 0 Å². The number of nitrogens with one attached hydrogen (secondary N) is 2. The first-order valence-electron chi connectivity index (χ1n) is 6.89. The number of carbonyl (C=O) groups is 1. The number of amides is 1. The molecule has 1 aliphatic carbocycles. The molecule has 1 aliphatic heterocycles. The fourth-order valence-electron chi connectivity index (χ4n) is 2.62. The predicted octanol–water partition coefficient (Wildman–Crippen LogP) is 0.585. The Bertz CT molecular complexity index is 263. The quantitative estimate of drug-likeness (QED) is 0.738. The summed E-state index contributed by atoms with van der Waals surface area (Å²) in [5, 5.41) is 6.34. The summed E-state index contributed by atoms with van der Waals surface area (Å²) in [6.07, 6.45) is 4.84. The Hall–Kier alpha value is -0.610. The second-order valence-corrected chi connectivity index (χ2v) is 5.52. The van der Waals surface area contributed by atoms with Gasteiger partial charge in [-0.3, -0.25) is 9.69 Å². The van der Waals surface area contributed by atoms with Crippen molar-refractivity contribution >= 4 is 5.91 Å². The Balaban J connectivity index is 1.80. The molecule has 0 aromatic heterocycles. The van der Waals surface area contributed by atoms with Crippen molar-refractivity contribution in [3.63, 3.8) is 0 Å². The van der Waals surface area contributed by atoms with Gasteiger partial charge in [0.25, 0.3) is 0 Å². The average molecular weight is 239 g/mol. The van der Waals surface area contributed by atoms with Gasteiger partial charge < -0.3 is 10.6 Å². The molecular weight excluding hydrogens is 214 g/mol. The van der Waals surface area contributed by atoms with Crippen molar-refractivity contribution in [2.45, 2.75) is 44.7 Å². The molecule has 2 aliphatic rings. The van der Waals surface area contributed by atoms with Crippen LogP contribution >= 0.6 is 0 Å². The van der Waals surface area contributed by atoms with Crippen LogP contribution in [-0.2, 0) is 4.79 Å². The van der Waals surface area contributed by atoms with Crippen LogP contribution in [0.2, 0.25) is 0 Å². The monoisotopic (exact) mass is 239 g/mol. The lowest BCUT2D eigenvalue weighted by atomic mass is 9.96. The third-order valence-electron chi connectivity index (χ3n) is 3.89. The fraction of sp³-hybridized carbons (Fsp3) is 0.923. The van der Waals surface area contributed by atoms with Gasteiger partial charge in [0.1, 0.15) is 0 Å². The van der Waals surface area contributed by atoms with E-state index < -0.39 is 0 Å². The SMILES string of the molecule is CNCC1CCCN(C(C)C(=O)NC2CC2)C1. The van der Waals surface area contributed by atoms with Crippen molar-refractivity contribution in [3.8, 4) is 0 Å². The first-order valence-corrected chi connectivity index (χ1v) is 6.89. The highest BCUT2D eigenvalue weighted by Crippen LogP contribution is 2.21. The van der Waals surface area contributed by atoms with Crippen LogP contribution in [0.1, 0.15) is 32.6 Å². The summed E-state index contributed by atoms with van der Waals surface area (Å²) in [4.78, 5) is 14.3. The first kappa shape index (κ1) is 12.8. The van der Waals surface area contributed by atoms with Crippen molar-refractivity contribution in [1.29, 1.82) is 0 Å². The molecule has 2 fully saturated rings. The standard InChI is InChI=1S/C13H25N3O/c1-10(13(17)15-12-5-6-12)16-7-3-4-11(9-16)8-14-2/h10-12,14H,3-9H2,1-2H3,(H,15,17). The highest BCUT2D eigenvalue weighted by molar-refractivity contribution is 5.81. The molecule has 2 N–H and O–H groups in total. The lowest BCUT2D eigenvalue weighted by molar-refractivity contribution is -0.126. The second kappa shape index (κ2) is 5.83. The van der Waals surface area contributed by atoms with Crippen molar-refractivity contribution in [2.24, 2.45) is 5.92 Å². The molecule has 0 bridgehead atoms. The number of hydrogen-bond donors (Lipinski definition) is 2. The van der Waals surface area contributed by atoms with E-state index in [0.29, 0.717) is 12.0 Å². The zero-order valence-electron chi connectivity index (χ0n) is 11.0. The van der Waals surface area contributed by atoms with Crippen molar-refractivity contribution in [1.82, 2.24) is 15.5 Å². The maximum atomic E-state index is 12.0. The molecule has 0 aromatic rings. The van der Waals surface area contributed by atoms with Crippen LogP contribution in [0.15, 0.2) is 0 Å². The Morgan fingerprint density at radius 1 is 1.41 bits per heavy atom. The number of rotatable bonds is 5. The smallest absolute Gasteiger partial charge is 0.237 e. The number of hydrogen-bond acceptors (Lipinski definition) is 3. The molecule has 1 amide bonds. The Labute approximate surface area is 104 Å². The number of piperidine rings is 1. The summed E-state index contributed by atoms with van der Waals surface area (Å²) < 4.78 is 0. The minimum absolute atomic E-state index is 0.0373. The largest absolute Gasteiger partial charge is 0.352 e. The molecule has 1 heterocycles. The number of nitrogens with zero attached hydrogens (tertiary/aromatic N) is 1. The van der Waals surface area contributed by atoms with E-state index in [-0.39, 0.29) is 11.9 Å². The summed E-state index contributed by atoms with van der Waals surface area (Å²) in [5.74, 6) is 0.919. The van der Waals surface area contributed by atoms with Crippen molar-refractivity contribution < 1.29 is 4.79 Å². The molecule has 2 unspecified atom stereocenters. The summed E-state index contributed by atoms with van der Waals surface area (Å²) in [7, 11) is 2.00. The van der Waals surface area contributed by atoms with E-state index in [1.807, 2.05) is 14.0 Å². The molecule has 4 heteroatoms. The zero-order valence-corrected chi connectivity index (χ0v) is 11.0. The lowest BCUT2D eigenvalue weighted by Crippen LogP contribution is -2.50. The summed E-state index contributed by atoms with van der Waals surface area (Å²) >= 11 is 0. The van der Waals surface area contributed by atoms with Gasteiger partial charge in [-0.1, -0.05) is 0 Å². The third kappa shape index (κ3) is 3.68. The van der Waals surface area contributed by atoms with Crippen molar-refractivity contribution in [3.05, 3.63) is 0 Å². The normalized spacial score (nSPS) is 27.8. The van der Waals surface area contributed by atoms with Crippen LogP contribution in [-0.4, -0.2) is 49.6 Å². The minimum atomic E-state index is 0.0373. The van der Waals surface area contributed by atoms with E-state index >= 15 is 0 Å². The highest BCUT2D eigenvalue weighted by Gasteiger charge is 2.30. The molecule has 1 saturated carbocycles. The maximum absolute atomic E-state index is 12.0. The fourth-order valence-corrected chi connectivity index (χ4v) is 2.62. The van der Waals surface area contributed by atoms with Crippen LogP contribution < -0.4 is 10.6 Å². The molecule has 0 radical (unpaired) electrons. The van der Waals surface area contributed by atoms with Crippen LogP contribution in [0.25, 0.3) is 0 Å². The van der Waals surface area contributed by atoms with Crippen LogP contribution in [0, 0.1) is 5.92 Å². The van der Waals surface area contributed by atoms with E-state index in [1.165, 1.54) is 25.7 Å². The number of likely N-dealkylation sites (tertiary alicyclic amines) is 1. The van der Waals surface area contributed by atoms with E-state index in [2.05, 4.69) is 15.5 Å². The van der Waals surface area contributed by atoms with Gasteiger partial charge in [0.2, 0.25) is 5.91 Å². The van der Waals surface area contributed by atoms with Crippen LogP contribution in [0.4, 0.5) is 0 Å². The Morgan fingerprint density at radius 2 is 2.18 bits per heavy atom. The topological polar surface area (TPSA) is 44.4 Å². The average Bonchev–Trinajstić information content (AvgIpc) is 3.13. The highest BCUT2D eigenvalue weighted by atomic mass is 16.2. The predicted molar refractivity (Wildman–Crippen MR) is 68.9 cm³/mol. The Kier molecular flexibility index (Phi) is 4.40.